The summed E-state index contributed by atoms with van der Waals surface area (Å²) in [5, 5.41) is 3.46. The summed E-state index contributed by atoms with van der Waals surface area (Å²) in [5.74, 6) is 2.90. The van der Waals surface area contributed by atoms with E-state index in [1.54, 1.807) is 0 Å². The Morgan fingerprint density at radius 1 is 1.05 bits per heavy atom. The lowest BCUT2D eigenvalue weighted by Gasteiger charge is -2.39. The normalized spacial score (nSPS) is 17.9. The lowest BCUT2D eigenvalue weighted by atomic mass is 9.75. The molecular weight excluding hydrogens is 258 g/mol. The summed E-state index contributed by atoms with van der Waals surface area (Å²) in [5.41, 5.74) is 0.472. The van der Waals surface area contributed by atoms with Crippen LogP contribution in [-0.4, -0.2) is 23.6 Å². The van der Waals surface area contributed by atoms with Crippen molar-refractivity contribution in [2.45, 2.75) is 59.9 Å². The Morgan fingerprint density at radius 3 is 2.19 bits per heavy atom. The average Bonchev–Trinajstić information content (AvgIpc) is 2.36. The molecule has 2 rings (SSSR count). The number of rotatable bonds is 2. The van der Waals surface area contributed by atoms with Gasteiger partial charge in [-0.3, -0.25) is 0 Å². The predicted molar refractivity (Wildman–Crippen MR) is 92.0 cm³/mol. The van der Waals surface area contributed by atoms with Crippen molar-refractivity contribution in [1.29, 1.82) is 0 Å². The van der Waals surface area contributed by atoms with Gasteiger partial charge in [0.15, 0.2) is 0 Å². The monoisotopic (exact) mass is 289 g/mol. The Labute approximate surface area is 130 Å². The summed E-state index contributed by atoms with van der Waals surface area (Å²) >= 11 is 0. The molecule has 0 amide bonds. The number of hydrogen-bond donors (Lipinski definition) is 1. The second-order valence-electron chi connectivity index (χ2n) is 8.38. The van der Waals surface area contributed by atoms with Gasteiger partial charge >= 0.3 is 0 Å². The summed E-state index contributed by atoms with van der Waals surface area (Å²) in [4.78, 5) is 7.21. The molecule has 3 nitrogen and oxygen atoms in total. The number of nitrogens with one attached hydrogen (secondary N) is 1. The van der Waals surface area contributed by atoms with E-state index in [9.17, 15) is 0 Å². The van der Waals surface area contributed by atoms with Gasteiger partial charge in [-0.05, 0) is 57.1 Å². The molecule has 1 aromatic rings. The first-order valence-electron chi connectivity index (χ1n) is 8.15. The SMILES string of the molecule is CC(C)(C)Nc1cccc(N2CCC(C(C)(C)C)CC2)n1. The first kappa shape index (κ1) is 16.1. The molecule has 0 atom stereocenters. The van der Waals surface area contributed by atoms with Gasteiger partial charge in [-0.1, -0.05) is 26.8 Å². The molecule has 0 spiro atoms. The van der Waals surface area contributed by atoms with E-state index in [0.29, 0.717) is 5.41 Å². The van der Waals surface area contributed by atoms with Gasteiger partial charge in [-0.15, -0.1) is 0 Å². The first-order chi connectivity index (χ1) is 9.65. The Bertz CT molecular complexity index is 460. The standard InChI is InChI=1S/C18H31N3/c1-17(2,3)14-10-12-21(13-11-14)16-9-7-8-15(19-16)20-18(4,5)6/h7-9,14H,10-13H2,1-6H3,(H,19,20). The molecule has 1 aliphatic rings. The van der Waals surface area contributed by atoms with Crippen molar-refractivity contribution in [2.75, 3.05) is 23.3 Å². The molecule has 3 heteroatoms. The minimum Gasteiger partial charge on any atom is -0.365 e. The van der Waals surface area contributed by atoms with Crippen molar-refractivity contribution < 1.29 is 0 Å². The minimum atomic E-state index is 0.0465. The Hall–Kier alpha value is -1.25. The highest BCUT2D eigenvalue weighted by Crippen LogP contribution is 2.35. The van der Waals surface area contributed by atoms with E-state index in [1.807, 2.05) is 0 Å². The molecule has 0 saturated carbocycles. The van der Waals surface area contributed by atoms with Crippen molar-refractivity contribution >= 4 is 11.6 Å². The zero-order valence-corrected chi connectivity index (χ0v) is 14.5. The maximum atomic E-state index is 4.78. The maximum Gasteiger partial charge on any atom is 0.130 e. The lowest BCUT2D eigenvalue weighted by Crippen LogP contribution is -2.38. The van der Waals surface area contributed by atoms with Gasteiger partial charge in [0.25, 0.3) is 0 Å². The maximum absolute atomic E-state index is 4.78. The summed E-state index contributed by atoms with van der Waals surface area (Å²) in [6, 6.07) is 6.29. The fraction of sp³-hybridized carbons (Fsp3) is 0.722. The van der Waals surface area contributed by atoms with Crippen LogP contribution >= 0.6 is 0 Å². The molecule has 1 saturated heterocycles. The molecule has 0 aromatic carbocycles. The molecule has 0 unspecified atom stereocenters. The number of pyridine rings is 1. The fourth-order valence-electron chi connectivity index (χ4n) is 3.03. The molecule has 0 bridgehead atoms. The quantitative estimate of drug-likeness (QED) is 0.865. The number of nitrogens with zero attached hydrogens (tertiary/aromatic N) is 2. The third kappa shape index (κ3) is 4.62. The van der Waals surface area contributed by atoms with Crippen LogP contribution in [0, 0.1) is 11.3 Å². The second-order valence-corrected chi connectivity index (χ2v) is 8.38. The van der Waals surface area contributed by atoms with Gasteiger partial charge < -0.3 is 10.2 Å². The van der Waals surface area contributed by atoms with Gasteiger partial charge in [0.05, 0.1) is 0 Å². The highest BCUT2D eigenvalue weighted by atomic mass is 15.2. The topological polar surface area (TPSA) is 28.2 Å². The van der Waals surface area contributed by atoms with E-state index >= 15 is 0 Å². The molecule has 1 fully saturated rings. The molecule has 0 aliphatic carbocycles. The van der Waals surface area contributed by atoms with Gasteiger partial charge in [-0.2, -0.15) is 0 Å². The third-order valence-electron chi connectivity index (χ3n) is 4.28. The summed E-state index contributed by atoms with van der Waals surface area (Å²) in [6.45, 7) is 15.8. The van der Waals surface area contributed by atoms with Crippen LogP contribution in [0.1, 0.15) is 54.4 Å². The molecule has 1 aliphatic heterocycles. The third-order valence-corrected chi connectivity index (χ3v) is 4.28. The zero-order valence-electron chi connectivity index (χ0n) is 14.5. The van der Waals surface area contributed by atoms with Gasteiger partial charge in [0.1, 0.15) is 11.6 Å². The number of anilines is 2. The van der Waals surface area contributed by atoms with E-state index in [2.05, 4.69) is 70.0 Å². The van der Waals surface area contributed by atoms with Crippen molar-refractivity contribution in [3.05, 3.63) is 18.2 Å². The van der Waals surface area contributed by atoms with E-state index in [0.717, 1.165) is 30.6 Å². The van der Waals surface area contributed by atoms with Crippen LogP contribution in [0.3, 0.4) is 0 Å². The Morgan fingerprint density at radius 2 is 1.67 bits per heavy atom. The van der Waals surface area contributed by atoms with Crippen LogP contribution in [0.25, 0.3) is 0 Å². The number of hydrogen-bond acceptors (Lipinski definition) is 3. The van der Waals surface area contributed by atoms with Gasteiger partial charge in [0.2, 0.25) is 0 Å². The predicted octanol–water partition coefficient (Wildman–Crippen LogP) is 4.55. The molecule has 0 radical (unpaired) electrons. The molecular formula is C18H31N3. The van der Waals surface area contributed by atoms with Crippen molar-refractivity contribution in [3.8, 4) is 0 Å². The van der Waals surface area contributed by atoms with Gasteiger partial charge in [-0.25, -0.2) is 4.98 Å². The van der Waals surface area contributed by atoms with Crippen LogP contribution in [0.2, 0.25) is 0 Å². The summed E-state index contributed by atoms with van der Waals surface area (Å²) in [6.07, 6.45) is 2.53. The fourth-order valence-corrected chi connectivity index (χ4v) is 3.03. The largest absolute Gasteiger partial charge is 0.365 e. The van der Waals surface area contributed by atoms with E-state index in [4.69, 9.17) is 4.98 Å². The van der Waals surface area contributed by atoms with Gasteiger partial charge in [0, 0.05) is 18.6 Å². The van der Waals surface area contributed by atoms with Crippen LogP contribution < -0.4 is 10.2 Å². The summed E-state index contributed by atoms with van der Waals surface area (Å²) in [7, 11) is 0. The summed E-state index contributed by atoms with van der Waals surface area (Å²) < 4.78 is 0. The van der Waals surface area contributed by atoms with E-state index < -0.39 is 0 Å². The second kappa shape index (κ2) is 5.86. The highest BCUT2D eigenvalue weighted by molar-refractivity contribution is 5.48. The van der Waals surface area contributed by atoms with Crippen molar-refractivity contribution in [3.63, 3.8) is 0 Å². The van der Waals surface area contributed by atoms with Crippen LogP contribution in [0.15, 0.2) is 18.2 Å². The smallest absolute Gasteiger partial charge is 0.130 e. The average molecular weight is 289 g/mol. The van der Waals surface area contributed by atoms with Crippen molar-refractivity contribution in [1.82, 2.24) is 4.98 Å². The zero-order chi connectivity index (χ0) is 15.7. The molecule has 2 heterocycles. The van der Waals surface area contributed by atoms with E-state index in [-0.39, 0.29) is 5.54 Å². The van der Waals surface area contributed by atoms with Crippen LogP contribution in [0.5, 0.6) is 0 Å². The molecule has 1 aromatic heterocycles. The van der Waals surface area contributed by atoms with Crippen molar-refractivity contribution in [2.24, 2.45) is 11.3 Å². The lowest BCUT2D eigenvalue weighted by molar-refractivity contribution is 0.198. The Balaban J connectivity index is 2.02. The first-order valence-corrected chi connectivity index (χ1v) is 8.15. The molecule has 21 heavy (non-hydrogen) atoms. The number of piperidine rings is 1. The number of aromatic nitrogens is 1. The Kier molecular flexibility index (Phi) is 4.50. The molecule has 118 valence electrons. The highest BCUT2D eigenvalue weighted by Gasteiger charge is 2.29. The van der Waals surface area contributed by atoms with E-state index in [1.165, 1.54) is 12.8 Å². The molecule has 1 N–H and O–H groups in total. The van der Waals surface area contributed by atoms with Crippen LogP contribution in [-0.2, 0) is 0 Å². The van der Waals surface area contributed by atoms with Crippen LogP contribution in [0.4, 0.5) is 11.6 Å². The minimum absolute atomic E-state index is 0.0465.